The Balaban J connectivity index is 1.80. The predicted molar refractivity (Wildman–Crippen MR) is 83.4 cm³/mol. The molecule has 0 aliphatic heterocycles. The van der Waals surface area contributed by atoms with Crippen LogP contribution in [0.25, 0.3) is 5.95 Å². The molecule has 0 aliphatic carbocycles. The zero-order chi connectivity index (χ0) is 16.4. The fraction of sp³-hybridized carbons (Fsp3) is 0.200. The van der Waals surface area contributed by atoms with E-state index in [0.29, 0.717) is 11.6 Å². The van der Waals surface area contributed by atoms with Crippen molar-refractivity contribution in [3.05, 3.63) is 53.6 Å². The maximum Gasteiger partial charge on any atom is 0.275 e. The van der Waals surface area contributed by atoms with Crippen molar-refractivity contribution < 1.29 is 4.79 Å². The van der Waals surface area contributed by atoms with Gasteiger partial charge in [0.1, 0.15) is 5.69 Å². The molecule has 0 aliphatic rings. The van der Waals surface area contributed by atoms with E-state index in [1.807, 2.05) is 20.8 Å². The molecule has 0 saturated heterocycles. The first-order valence-electron chi connectivity index (χ1n) is 6.99. The fourth-order valence-electron chi connectivity index (χ4n) is 2.02. The van der Waals surface area contributed by atoms with Crippen molar-refractivity contribution in [2.75, 3.05) is 5.32 Å². The van der Waals surface area contributed by atoms with Gasteiger partial charge in [0.15, 0.2) is 0 Å². The third-order valence-corrected chi connectivity index (χ3v) is 3.53. The number of amides is 1. The molecule has 0 atom stereocenters. The van der Waals surface area contributed by atoms with E-state index in [4.69, 9.17) is 0 Å². The van der Waals surface area contributed by atoms with Crippen LogP contribution in [-0.4, -0.2) is 35.6 Å². The van der Waals surface area contributed by atoms with Gasteiger partial charge in [-0.25, -0.2) is 19.6 Å². The minimum atomic E-state index is -0.364. The second-order valence-corrected chi connectivity index (χ2v) is 5.02. The quantitative estimate of drug-likeness (QED) is 0.789. The van der Waals surface area contributed by atoms with E-state index in [1.165, 1.54) is 31.0 Å². The molecule has 0 unspecified atom stereocenters. The van der Waals surface area contributed by atoms with Crippen LogP contribution in [0, 0.1) is 20.8 Å². The first kappa shape index (κ1) is 14.8. The Labute approximate surface area is 132 Å². The van der Waals surface area contributed by atoms with Gasteiger partial charge < -0.3 is 5.32 Å². The fourth-order valence-corrected chi connectivity index (χ4v) is 2.02. The Bertz CT molecular complexity index is 840. The van der Waals surface area contributed by atoms with Crippen molar-refractivity contribution in [1.29, 1.82) is 0 Å². The van der Waals surface area contributed by atoms with Gasteiger partial charge in [0, 0.05) is 18.1 Å². The number of nitrogens with zero attached hydrogens (tertiary/aromatic N) is 6. The largest absolute Gasteiger partial charge is 0.318 e. The molecule has 0 saturated carbocycles. The summed E-state index contributed by atoms with van der Waals surface area (Å²) < 4.78 is 1.68. The molecule has 3 aromatic rings. The van der Waals surface area contributed by atoms with Crippen molar-refractivity contribution in [3.63, 3.8) is 0 Å². The molecule has 3 heterocycles. The summed E-state index contributed by atoms with van der Waals surface area (Å²) in [6.07, 6.45) is 7.42. The Morgan fingerprint density at radius 3 is 2.35 bits per heavy atom. The lowest BCUT2D eigenvalue weighted by atomic mass is 10.2. The van der Waals surface area contributed by atoms with E-state index < -0.39 is 0 Å². The summed E-state index contributed by atoms with van der Waals surface area (Å²) >= 11 is 0. The Hall–Kier alpha value is -3.16. The summed E-state index contributed by atoms with van der Waals surface area (Å²) in [6.45, 7) is 5.90. The van der Waals surface area contributed by atoms with E-state index in [0.717, 1.165) is 17.0 Å². The molecule has 1 N–H and O–H groups in total. The van der Waals surface area contributed by atoms with Crippen LogP contribution in [0.4, 0.5) is 5.69 Å². The van der Waals surface area contributed by atoms with E-state index in [9.17, 15) is 4.79 Å². The average molecular weight is 309 g/mol. The van der Waals surface area contributed by atoms with Gasteiger partial charge in [0.25, 0.3) is 11.9 Å². The Kier molecular flexibility index (Phi) is 3.80. The smallest absolute Gasteiger partial charge is 0.275 e. The van der Waals surface area contributed by atoms with Crippen LogP contribution in [-0.2, 0) is 0 Å². The summed E-state index contributed by atoms with van der Waals surface area (Å²) in [4.78, 5) is 28.3. The molecule has 8 heteroatoms. The minimum Gasteiger partial charge on any atom is -0.318 e. The first-order chi connectivity index (χ1) is 11.1. The van der Waals surface area contributed by atoms with Gasteiger partial charge in [-0.1, -0.05) is 0 Å². The summed E-state index contributed by atoms with van der Waals surface area (Å²) in [5, 5.41) is 7.08. The van der Waals surface area contributed by atoms with E-state index in [2.05, 4.69) is 30.4 Å². The van der Waals surface area contributed by atoms with E-state index in [-0.39, 0.29) is 11.6 Å². The zero-order valence-electron chi connectivity index (χ0n) is 13.0. The molecule has 23 heavy (non-hydrogen) atoms. The number of rotatable bonds is 3. The normalized spacial score (nSPS) is 10.6. The van der Waals surface area contributed by atoms with Crippen molar-refractivity contribution in [3.8, 4) is 5.95 Å². The molecule has 0 aromatic carbocycles. The van der Waals surface area contributed by atoms with Gasteiger partial charge in [-0.05, 0) is 26.3 Å². The van der Waals surface area contributed by atoms with Crippen LogP contribution in [0.1, 0.15) is 27.4 Å². The number of hydrogen-bond acceptors (Lipinski definition) is 6. The lowest BCUT2D eigenvalue weighted by Gasteiger charge is -2.05. The van der Waals surface area contributed by atoms with Gasteiger partial charge in [0.05, 0.1) is 30.0 Å². The molecule has 0 bridgehead atoms. The van der Waals surface area contributed by atoms with Gasteiger partial charge in [-0.2, -0.15) is 5.10 Å². The molecule has 3 aromatic heterocycles. The highest BCUT2D eigenvalue weighted by Gasteiger charge is 2.12. The molecule has 8 nitrogen and oxygen atoms in total. The number of aryl methyl sites for hydroxylation is 1. The van der Waals surface area contributed by atoms with Crippen molar-refractivity contribution in [2.24, 2.45) is 0 Å². The van der Waals surface area contributed by atoms with Crippen molar-refractivity contribution in [2.45, 2.75) is 20.8 Å². The van der Waals surface area contributed by atoms with E-state index >= 15 is 0 Å². The number of carbonyl (C=O) groups is 1. The third kappa shape index (κ3) is 2.91. The maximum absolute atomic E-state index is 12.0. The second-order valence-electron chi connectivity index (χ2n) is 5.02. The maximum atomic E-state index is 12.0. The number of anilines is 1. The Morgan fingerprint density at radius 1 is 1.04 bits per heavy atom. The molecule has 1 amide bonds. The topological polar surface area (TPSA) is 98.5 Å². The zero-order valence-corrected chi connectivity index (χ0v) is 13.0. The minimum absolute atomic E-state index is 0.228. The average Bonchev–Trinajstić information content (AvgIpc) is 2.84. The molecular weight excluding hydrogens is 294 g/mol. The molecule has 0 radical (unpaired) electrons. The standard InChI is InChI=1S/C15H15N7O/c1-9-10(2)21-22(11(9)3)15-18-6-12(7-19-15)20-14(23)13-8-16-4-5-17-13/h4-8H,1-3H3,(H,20,23). The Morgan fingerprint density at radius 2 is 1.78 bits per heavy atom. The summed E-state index contributed by atoms with van der Waals surface area (Å²) in [5.41, 5.74) is 3.73. The highest BCUT2D eigenvalue weighted by atomic mass is 16.1. The van der Waals surface area contributed by atoms with Gasteiger partial charge in [-0.15, -0.1) is 0 Å². The summed E-state index contributed by atoms with van der Waals surface area (Å²) in [6, 6.07) is 0. The lowest BCUT2D eigenvalue weighted by molar-refractivity contribution is 0.102. The number of nitrogens with one attached hydrogen (secondary N) is 1. The lowest BCUT2D eigenvalue weighted by Crippen LogP contribution is -2.14. The van der Waals surface area contributed by atoms with Crippen LogP contribution in [0.2, 0.25) is 0 Å². The molecule has 0 spiro atoms. The SMILES string of the molecule is Cc1nn(-c2ncc(NC(=O)c3cnccn3)cn2)c(C)c1C. The van der Waals surface area contributed by atoms with Crippen LogP contribution in [0.15, 0.2) is 31.0 Å². The monoisotopic (exact) mass is 309 g/mol. The number of aromatic nitrogens is 6. The molecule has 0 fully saturated rings. The van der Waals surface area contributed by atoms with Crippen LogP contribution in [0.3, 0.4) is 0 Å². The molecular formula is C15H15N7O. The van der Waals surface area contributed by atoms with Crippen LogP contribution in [0.5, 0.6) is 0 Å². The molecule has 116 valence electrons. The second kappa shape index (κ2) is 5.91. The molecule has 3 rings (SSSR count). The highest BCUT2D eigenvalue weighted by molar-refractivity contribution is 6.02. The highest BCUT2D eigenvalue weighted by Crippen LogP contribution is 2.15. The number of carbonyl (C=O) groups excluding carboxylic acids is 1. The first-order valence-corrected chi connectivity index (χ1v) is 6.99. The van der Waals surface area contributed by atoms with Gasteiger partial charge >= 0.3 is 0 Å². The van der Waals surface area contributed by atoms with Crippen LogP contribution >= 0.6 is 0 Å². The van der Waals surface area contributed by atoms with E-state index in [1.54, 1.807) is 4.68 Å². The van der Waals surface area contributed by atoms with Gasteiger partial charge in [-0.3, -0.25) is 9.78 Å². The summed E-state index contributed by atoms with van der Waals surface area (Å²) in [5.74, 6) is 0.0904. The number of hydrogen-bond donors (Lipinski definition) is 1. The third-order valence-electron chi connectivity index (χ3n) is 3.53. The predicted octanol–water partition coefficient (Wildman–Crippen LogP) is 1.63. The van der Waals surface area contributed by atoms with Crippen LogP contribution < -0.4 is 5.32 Å². The van der Waals surface area contributed by atoms with Crippen molar-refractivity contribution >= 4 is 11.6 Å². The summed E-state index contributed by atoms with van der Waals surface area (Å²) in [7, 11) is 0. The van der Waals surface area contributed by atoms with Crippen molar-refractivity contribution in [1.82, 2.24) is 29.7 Å². The van der Waals surface area contributed by atoms with Gasteiger partial charge in [0.2, 0.25) is 0 Å².